The van der Waals surface area contributed by atoms with Crippen molar-refractivity contribution in [2.75, 3.05) is 11.5 Å². The number of benzene rings is 3. The van der Waals surface area contributed by atoms with E-state index in [1.54, 1.807) is 23.1 Å². The van der Waals surface area contributed by atoms with Crippen LogP contribution in [0, 0.1) is 13.8 Å². The zero-order valence-corrected chi connectivity index (χ0v) is 19.4. The van der Waals surface area contributed by atoms with Crippen molar-refractivity contribution >= 4 is 55.8 Å². The zero-order valence-electron chi connectivity index (χ0n) is 17.1. The summed E-state index contributed by atoms with van der Waals surface area (Å²) in [6, 6.07) is 18.9. The molecule has 0 N–H and O–H groups in total. The van der Waals surface area contributed by atoms with E-state index >= 15 is 0 Å². The first-order chi connectivity index (χ1) is 14.9. The van der Waals surface area contributed by atoms with Gasteiger partial charge in [0.1, 0.15) is 5.75 Å². The fraction of sp³-hybridized carbons (Fsp3) is 0.167. The first-order valence-corrected chi connectivity index (χ1v) is 11.3. The molecule has 0 bridgehead atoms. The van der Waals surface area contributed by atoms with E-state index in [0.29, 0.717) is 27.5 Å². The van der Waals surface area contributed by atoms with Crippen molar-refractivity contribution < 1.29 is 9.53 Å². The number of hydrogen-bond acceptors (Lipinski definition) is 4. The van der Waals surface area contributed by atoms with Gasteiger partial charge in [-0.05, 0) is 60.9 Å². The van der Waals surface area contributed by atoms with Crippen LogP contribution in [0.4, 0.5) is 5.13 Å². The molecule has 0 aliphatic rings. The minimum absolute atomic E-state index is 0.165. The summed E-state index contributed by atoms with van der Waals surface area (Å²) in [5, 5.41) is 1.51. The Labute approximate surface area is 195 Å². The predicted molar refractivity (Wildman–Crippen MR) is 129 cm³/mol. The summed E-state index contributed by atoms with van der Waals surface area (Å²) in [5.41, 5.74) is 4.26. The summed E-state index contributed by atoms with van der Waals surface area (Å²) in [7, 11) is 0. The highest BCUT2D eigenvalue weighted by atomic mass is 35.5. The summed E-state index contributed by atoms with van der Waals surface area (Å²) in [4.78, 5) is 19.6. The van der Waals surface area contributed by atoms with Crippen LogP contribution in [0.25, 0.3) is 10.2 Å². The molecule has 0 aliphatic carbocycles. The molecule has 0 unspecified atom stereocenters. The van der Waals surface area contributed by atoms with Crippen LogP contribution in [0.5, 0.6) is 5.75 Å². The number of anilines is 1. The van der Waals surface area contributed by atoms with E-state index < -0.39 is 0 Å². The van der Waals surface area contributed by atoms with Gasteiger partial charge in [0.2, 0.25) is 0 Å². The van der Waals surface area contributed by atoms with Gasteiger partial charge in [-0.2, -0.15) is 0 Å². The van der Waals surface area contributed by atoms with Gasteiger partial charge in [0.15, 0.2) is 11.7 Å². The highest BCUT2D eigenvalue weighted by molar-refractivity contribution is 7.22. The molecule has 158 valence electrons. The molecule has 1 aromatic heterocycles. The number of hydrogen-bond donors (Lipinski definition) is 0. The molecule has 1 amide bonds. The second-order valence-corrected chi connectivity index (χ2v) is 9.08. The molecular weight excluding hydrogens is 451 g/mol. The summed E-state index contributed by atoms with van der Waals surface area (Å²) in [6.45, 7) is 4.37. The van der Waals surface area contributed by atoms with Crippen LogP contribution >= 0.6 is 34.5 Å². The van der Waals surface area contributed by atoms with Crippen LogP contribution in [0.15, 0.2) is 60.7 Å². The van der Waals surface area contributed by atoms with Gasteiger partial charge < -0.3 is 4.74 Å². The number of rotatable bonds is 6. The minimum Gasteiger partial charge on any atom is -0.482 e. The molecule has 0 atom stereocenters. The fourth-order valence-corrected chi connectivity index (χ4v) is 4.65. The lowest BCUT2D eigenvalue weighted by Crippen LogP contribution is -2.34. The lowest BCUT2D eigenvalue weighted by molar-refractivity contribution is -0.120. The summed E-state index contributed by atoms with van der Waals surface area (Å²) >= 11 is 13.6. The lowest BCUT2D eigenvalue weighted by Gasteiger charge is -2.20. The summed E-state index contributed by atoms with van der Waals surface area (Å²) < 4.78 is 6.75. The number of halogens is 2. The van der Waals surface area contributed by atoms with Crippen molar-refractivity contribution in [1.82, 2.24) is 4.98 Å². The number of fused-ring (bicyclic) bond motifs is 1. The number of nitrogens with zero attached hydrogens (tertiary/aromatic N) is 2. The summed E-state index contributed by atoms with van der Waals surface area (Å²) in [6.07, 6.45) is 0. The molecular formula is C24H20Cl2N2O2S. The highest BCUT2D eigenvalue weighted by Gasteiger charge is 2.21. The van der Waals surface area contributed by atoms with Crippen LogP contribution in [0.2, 0.25) is 10.0 Å². The van der Waals surface area contributed by atoms with Crippen molar-refractivity contribution in [1.29, 1.82) is 0 Å². The van der Waals surface area contributed by atoms with Gasteiger partial charge in [0.05, 0.1) is 21.8 Å². The van der Waals surface area contributed by atoms with Crippen molar-refractivity contribution in [3.8, 4) is 5.75 Å². The van der Waals surface area contributed by atoms with Gasteiger partial charge >= 0.3 is 0 Å². The molecule has 0 saturated carbocycles. The van der Waals surface area contributed by atoms with Gasteiger partial charge in [-0.1, -0.05) is 64.9 Å². The number of carbonyl (C=O) groups excluding carboxylic acids is 1. The van der Waals surface area contributed by atoms with Crippen molar-refractivity contribution in [3.63, 3.8) is 0 Å². The Hall–Kier alpha value is -2.60. The minimum atomic E-state index is -0.206. The number of aryl methyl sites for hydroxylation is 2. The molecule has 7 heteroatoms. The number of carbonyl (C=O) groups is 1. The smallest absolute Gasteiger partial charge is 0.267 e. The molecule has 4 nitrogen and oxygen atoms in total. The van der Waals surface area contributed by atoms with E-state index in [4.69, 9.17) is 32.9 Å². The van der Waals surface area contributed by atoms with Crippen LogP contribution in [-0.2, 0) is 11.3 Å². The molecule has 0 spiro atoms. The van der Waals surface area contributed by atoms with Crippen LogP contribution in [0.1, 0.15) is 16.7 Å². The third-order valence-corrected chi connectivity index (χ3v) is 6.52. The van der Waals surface area contributed by atoms with Crippen molar-refractivity contribution in [2.45, 2.75) is 20.4 Å². The Morgan fingerprint density at radius 3 is 2.52 bits per heavy atom. The predicted octanol–water partition coefficient (Wildman–Crippen LogP) is 6.83. The molecule has 0 radical (unpaired) electrons. The van der Waals surface area contributed by atoms with Crippen molar-refractivity contribution in [3.05, 3.63) is 87.4 Å². The summed E-state index contributed by atoms with van der Waals surface area (Å²) in [5.74, 6) is 0.206. The van der Waals surface area contributed by atoms with Crippen LogP contribution < -0.4 is 9.64 Å². The van der Waals surface area contributed by atoms with Gasteiger partial charge in [-0.3, -0.25) is 9.69 Å². The molecule has 0 fully saturated rings. The Balaban J connectivity index is 1.63. The number of thiazole rings is 1. The Bertz CT molecular complexity index is 1200. The molecule has 1 heterocycles. The van der Waals surface area contributed by atoms with Crippen LogP contribution in [0.3, 0.4) is 0 Å². The maximum Gasteiger partial charge on any atom is 0.267 e. The average Bonchev–Trinajstić information content (AvgIpc) is 3.14. The normalized spacial score (nSPS) is 11.0. The average molecular weight is 471 g/mol. The number of amides is 1. The van der Waals surface area contributed by atoms with Gasteiger partial charge in [0.25, 0.3) is 5.91 Å². The monoisotopic (exact) mass is 470 g/mol. The van der Waals surface area contributed by atoms with E-state index in [0.717, 1.165) is 15.8 Å². The molecule has 0 saturated heterocycles. The molecule has 31 heavy (non-hydrogen) atoms. The number of aromatic nitrogens is 1. The largest absolute Gasteiger partial charge is 0.482 e. The van der Waals surface area contributed by atoms with Crippen molar-refractivity contribution in [2.24, 2.45) is 0 Å². The first-order valence-electron chi connectivity index (χ1n) is 9.70. The first kappa shape index (κ1) is 21.6. The second kappa shape index (κ2) is 9.27. The fourth-order valence-electron chi connectivity index (χ4n) is 3.12. The third kappa shape index (κ3) is 5.01. The topological polar surface area (TPSA) is 42.4 Å². The van der Waals surface area contributed by atoms with Crippen LogP contribution in [-0.4, -0.2) is 17.5 Å². The zero-order chi connectivity index (χ0) is 22.0. The third-order valence-electron chi connectivity index (χ3n) is 4.95. The molecule has 0 aliphatic heterocycles. The van der Waals surface area contributed by atoms with Gasteiger partial charge in [-0.15, -0.1) is 0 Å². The second-order valence-electron chi connectivity index (χ2n) is 7.23. The van der Waals surface area contributed by atoms with Gasteiger partial charge in [0, 0.05) is 5.02 Å². The van der Waals surface area contributed by atoms with E-state index in [2.05, 4.69) is 26.0 Å². The lowest BCUT2D eigenvalue weighted by atomic mass is 10.1. The molecule has 4 aromatic rings. The SMILES string of the molecule is Cc1cc2nc(N(Cc3ccccc3)C(=O)COc3ccc(Cl)cc3Cl)sc2cc1C. The van der Waals surface area contributed by atoms with Gasteiger partial charge in [-0.25, -0.2) is 4.98 Å². The standard InChI is InChI=1S/C24H20Cl2N2O2S/c1-15-10-20-22(11-16(15)2)31-24(27-20)28(13-17-6-4-3-5-7-17)23(29)14-30-21-9-8-18(25)12-19(21)26/h3-12H,13-14H2,1-2H3. The Morgan fingerprint density at radius 2 is 1.77 bits per heavy atom. The Morgan fingerprint density at radius 1 is 1.03 bits per heavy atom. The van der Waals surface area contributed by atoms with E-state index in [1.165, 1.54) is 22.5 Å². The van der Waals surface area contributed by atoms with E-state index in [9.17, 15) is 4.79 Å². The Kier molecular flexibility index (Phi) is 6.46. The van der Waals surface area contributed by atoms with E-state index in [-0.39, 0.29) is 12.5 Å². The highest BCUT2D eigenvalue weighted by Crippen LogP contribution is 2.32. The molecule has 4 rings (SSSR count). The number of ether oxygens (including phenoxy) is 1. The maximum absolute atomic E-state index is 13.2. The maximum atomic E-state index is 13.2. The quantitative estimate of drug-likeness (QED) is 0.310. The molecule has 3 aromatic carbocycles. The van der Waals surface area contributed by atoms with E-state index in [1.807, 2.05) is 30.3 Å².